The minimum absolute atomic E-state index is 0.00679. The fourth-order valence-corrected chi connectivity index (χ4v) is 3.25. The van der Waals surface area contributed by atoms with Crippen LogP contribution in [0.2, 0.25) is 0 Å². The van der Waals surface area contributed by atoms with Gasteiger partial charge in [0.1, 0.15) is 0 Å². The molecule has 0 saturated heterocycles. The van der Waals surface area contributed by atoms with Crippen molar-refractivity contribution < 1.29 is 4.79 Å². The van der Waals surface area contributed by atoms with E-state index in [0.29, 0.717) is 5.13 Å². The number of aromatic nitrogens is 1. The van der Waals surface area contributed by atoms with Crippen LogP contribution < -0.4 is 5.32 Å². The van der Waals surface area contributed by atoms with Crippen molar-refractivity contribution in [2.24, 2.45) is 0 Å². The summed E-state index contributed by atoms with van der Waals surface area (Å²) in [5.41, 5.74) is 2.98. The van der Waals surface area contributed by atoms with Gasteiger partial charge in [-0.25, -0.2) is 4.98 Å². The van der Waals surface area contributed by atoms with Gasteiger partial charge in [-0.15, -0.1) is 11.3 Å². The fraction of sp³-hybridized carbons (Fsp3) is 0.158. The maximum absolute atomic E-state index is 12.5. The molecule has 1 amide bonds. The van der Waals surface area contributed by atoms with Gasteiger partial charge in [0.2, 0.25) is 5.91 Å². The van der Waals surface area contributed by atoms with Crippen molar-refractivity contribution in [3.63, 3.8) is 0 Å². The van der Waals surface area contributed by atoms with Gasteiger partial charge in [0.15, 0.2) is 5.13 Å². The molecule has 1 N–H and O–H groups in total. The van der Waals surface area contributed by atoms with Crippen LogP contribution in [0.4, 0.5) is 5.13 Å². The van der Waals surface area contributed by atoms with E-state index in [-0.39, 0.29) is 11.8 Å². The summed E-state index contributed by atoms with van der Waals surface area (Å²) in [5.74, 6) is -0.159. The van der Waals surface area contributed by atoms with E-state index in [1.165, 1.54) is 11.3 Å². The average Bonchev–Trinajstić information content (AvgIpc) is 3.06. The Morgan fingerprint density at radius 1 is 1.09 bits per heavy atom. The monoisotopic (exact) mass is 322 g/mol. The van der Waals surface area contributed by atoms with Crippen LogP contribution in [-0.4, -0.2) is 10.9 Å². The number of carbonyl (C=O) groups is 1. The Balaban J connectivity index is 1.74. The van der Waals surface area contributed by atoms with Gasteiger partial charge in [0.05, 0.1) is 11.6 Å². The largest absolute Gasteiger partial charge is 0.301 e. The molecule has 1 heterocycles. The molecule has 0 fully saturated rings. The third-order valence-electron chi connectivity index (χ3n) is 3.73. The van der Waals surface area contributed by atoms with Gasteiger partial charge < -0.3 is 5.32 Å². The number of benzene rings is 2. The highest BCUT2D eigenvalue weighted by molar-refractivity contribution is 7.14. The van der Waals surface area contributed by atoms with Crippen LogP contribution in [0.3, 0.4) is 0 Å². The molecule has 0 unspecified atom stereocenters. The Bertz CT molecular complexity index is 768. The lowest BCUT2D eigenvalue weighted by Gasteiger charge is -2.14. The molecule has 1 atom stereocenters. The Morgan fingerprint density at radius 3 is 2.39 bits per heavy atom. The van der Waals surface area contributed by atoms with Crippen LogP contribution in [-0.2, 0) is 4.79 Å². The third kappa shape index (κ3) is 3.66. The lowest BCUT2D eigenvalue weighted by molar-refractivity contribution is -0.117. The summed E-state index contributed by atoms with van der Waals surface area (Å²) in [7, 11) is 0. The molecule has 0 spiro atoms. The summed E-state index contributed by atoms with van der Waals surface area (Å²) in [6.07, 6.45) is 0.757. The molecule has 0 aliphatic carbocycles. The third-order valence-corrected chi connectivity index (χ3v) is 4.49. The number of hydrogen-bond donors (Lipinski definition) is 1. The molecule has 23 heavy (non-hydrogen) atoms. The van der Waals surface area contributed by atoms with Crippen molar-refractivity contribution in [3.05, 3.63) is 71.6 Å². The standard InChI is InChI=1S/C19H18N2OS/c1-2-16(14-9-5-3-6-10-14)18(22)21-19-20-17(13-23-19)15-11-7-4-8-12-15/h3-13,16H,2H2,1H3,(H,20,21,22)/t16-/m0/s1. The van der Waals surface area contributed by atoms with Crippen LogP contribution in [0.5, 0.6) is 0 Å². The van der Waals surface area contributed by atoms with Crippen molar-refractivity contribution in [2.45, 2.75) is 19.3 Å². The Hall–Kier alpha value is -2.46. The molecule has 3 aromatic rings. The van der Waals surface area contributed by atoms with Crippen molar-refractivity contribution >= 4 is 22.4 Å². The van der Waals surface area contributed by atoms with Crippen LogP contribution in [0.15, 0.2) is 66.0 Å². The number of hydrogen-bond acceptors (Lipinski definition) is 3. The first-order chi connectivity index (χ1) is 11.3. The minimum atomic E-state index is -0.153. The first-order valence-corrected chi connectivity index (χ1v) is 8.52. The highest BCUT2D eigenvalue weighted by Gasteiger charge is 2.19. The topological polar surface area (TPSA) is 42.0 Å². The molecule has 3 rings (SSSR count). The van der Waals surface area contributed by atoms with Gasteiger partial charge in [0, 0.05) is 10.9 Å². The molecule has 4 heteroatoms. The zero-order chi connectivity index (χ0) is 16.1. The van der Waals surface area contributed by atoms with E-state index in [1.54, 1.807) is 0 Å². The SMILES string of the molecule is CC[C@H](C(=O)Nc1nc(-c2ccccc2)cs1)c1ccccc1. The normalized spacial score (nSPS) is 11.9. The molecule has 116 valence electrons. The number of carbonyl (C=O) groups excluding carboxylic acids is 1. The average molecular weight is 322 g/mol. The molecular formula is C19H18N2OS. The molecule has 2 aromatic carbocycles. The van der Waals surface area contributed by atoms with E-state index in [1.807, 2.05) is 73.0 Å². The highest BCUT2D eigenvalue weighted by atomic mass is 32.1. The Kier molecular flexibility index (Phi) is 4.83. The number of amides is 1. The van der Waals surface area contributed by atoms with E-state index >= 15 is 0 Å². The van der Waals surface area contributed by atoms with E-state index in [4.69, 9.17) is 0 Å². The van der Waals surface area contributed by atoms with Gasteiger partial charge in [0.25, 0.3) is 0 Å². The predicted molar refractivity (Wildman–Crippen MR) is 95.7 cm³/mol. The molecule has 0 saturated carbocycles. The first-order valence-electron chi connectivity index (χ1n) is 7.64. The maximum atomic E-state index is 12.5. The smallest absolute Gasteiger partial charge is 0.233 e. The first kappa shape index (κ1) is 15.4. The van der Waals surface area contributed by atoms with Crippen LogP contribution in [0.1, 0.15) is 24.8 Å². The number of nitrogens with zero attached hydrogens (tertiary/aromatic N) is 1. The molecule has 0 aliphatic heterocycles. The van der Waals surface area contributed by atoms with E-state index in [0.717, 1.165) is 23.2 Å². The molecule has 3 nitrogen and oxygen atoms in total. The van der Waals surface area contributed by atoms with Gasteiger partial charge in [-0.2, -0.15) is 0 Å². The van der Waals surface area contributed by atoms with E-state index in [9.17, 15) is 4.79 Å². The molecule has 0 aliphatic rings. The lowest BCUT2D eigenvalue weighted by Crippen LogP contribution is -2.20. The Labute approximate surface area is 140 Å². The minimum Gasteiger partial charge on any atom is -0.301 e. The Morgan fingerprint density at radius 2 is 1.74 bits per heavy atom. The number of anilines is 1. The van der Waals surface area contributed by atoms with E-state index < -0.39 is 0 Å². The van der Waals surface area contributed by atoms with Crippen molar-refractivity contribution in [1.82, 2.24) is 4.98 Å². The summed E-state index contributed by atoms with van der Waals surface area (Å²) in [5, 5.41) is 5.56. The lowest BCUT2D eigenvalue weighted by atomic mass is 9.96. The van der Waals surface area contributed by atoms with Crippen LogP contribution in [0, 0.1) is 0 Å². The van der Waals surface area contributed by atoms with Gasteiger partial charge in [-0.1, -0.05) is 67.6 Å². The second-order valence-electron chi connectivity index (χ2n) is 5.26. The summed E-state index contributed by atoms with van der Waals surface area (Å²) in [6, 6.07) is 19.8. The zero-order valence-corrected chi connectivity index (χ0v) is 13.7. The van der Waals surface area contributed by atoms with Crippen LogP contribution in [0.25, 0.3) is 11.3 Å². The molecular weight excluding hydrogens is 304 g/mol. The molecule has 0 radical (unpaired) electrons. The zero-order valence-electron chi connectivity index (χ0n) is 12.9. The molecule has 1 aromatic heterocycles. The summed E-state index contributed by atoms with van der Waals surface area (Å²) in [6.45, 7) is 2.02. The number of nitrogens with one attached hydrogen (secondary N) is 1. The van der Waals surface area contributed by atoms with Crippen molar-refractivity contribution in [1.29, 1.82) is 0 Å². The van der Waals surface area contributed by atoms with Crippen LogP contribution >= 0.6 is 11.3 Å². The highest BCUT2D eigenvalue weighted by Crippen LogP contribution is 2.26. The number of rotatable bonds is 5. The summed E-state index contributed by atoms with van der Waals surface area (Å²) in [4.78, 5) is 17.1. The predicted octanol–water partition coefficient (Wildman–Crippen LogP) is 4.94. The molecule has 0 bridgehead atoms. The van der Waals surface area contributed by atoms with E-state index in [2.05, 4.69) is 10.3 Å². The quantitative estimate of drug-likeness (QED) is 0.722. The van der Waals surface area contributed by atoms with Gasteiger partial charge >= 0.3 is 0 Å². The summed E-state index contributed by atoms with van der Waals surface area (Å²) >= 11 is 1.45. The number of thiazole rings is 1. The maximum Gasteiger partial charge on any atom is 0.233 e. The van der Waals surface area contributed by atoms with Crippen molar-refractivity contribution in [3.8, 4) is 11.3 Å². The fourth-order valence-electron chi connectivity index (χ4n) is 2.52. The van der Waals surface area contributed by atoms with Gasteiger partial charge in [-0.3, -0.25) is 4.79 Å². The second kappa shape index (κ2) is 7.20. The summed E-state index contributed by atoms with van der Waals surface area (Å²) < 4.78 is 0. The second-order valence-corrected chi connectivity index (χ2v) is 6.12. The van der Waals surface area contributed by atoms with Crippen molar-refractivity contribution in [2.75, 3.05) is 5.32 Å². The van der Waals surface area contributed by atoms with Gasteiger partial charge in [-0.05, 0) is 12.0 Å².